The summed E-state index contributed by atoms with van der Waals surface area (Å²) < 4.78 is 4.68. The summed E-state index contributed by atoms with van der Waals surface area (Å²) in [4.78, 5) is 30.9. The quantitative estimate of drug-likeness (QED) is 0.633. The molecule has 2 aromatic carbocycles. The first-order valence-corrected chi connectivity index (χ1v) is 8.47. The number of fused-ring (bicyclic) bond motifs is 1. The van der Waals surface area contributed by atoms with Crippen LogP contribution in [0.3, 0.4) is 0 Å². The maximum Gasteiger partial charge on any atom is 0.337 e. The molecule has 0 saturated carbocycles. The van der Waals surface area contributed by atoms with Gasteiger partial charge in [-0.15, -0.1) is 0 Å². The third-order valence-electron chi connectivity index (χ3n) is 3.59. The monoisotopic (exact) mass is 408 g/mol. The largest absolute Gasteiger partial charge is 0.465 e. The van der Waals surface area contributed by atoms with Crippen LogP contribution in [0.15, 0.2) is 41.2 Å². The van der Waals surface area contributed by atoms with Crippen molar-refractivity contribution in [2.75, 3.05) is 7.11 Å². The van der Waals surface area contributed by atoms with Gasteiger partial charge in [0.15, 0.2) is 5.82 Å². The first kappa shape index (κ1) is 18.5. The molecule has 26 heavy (non-hydrogen) atoms. The minimum atomic E-state index is -0.520. The van der Waals surface area contributed by atoms with Crippen molar-refractivity contribution < 1.29 is 9.53 Å². The molecule has 5 nitrogen and oxygen atoms in total. The fraction of sp³-hybridized carbons (Fsp3) is 0.0556. The highest BCUT2D eigenvalue weighted by atomic mass is 35.5. The van der Waals surface area contributed by atoms with Gasteiger partial charge in [-0.05, 0) is 42.0 Å². The fourth-order valence-corrected chi connectivity index (χ4v) is 2.84. The number of esters is 1. The second-order valence-electron chi connectivity index (χ2n) is 5.30. The topological polar surface area (TPSA) is 72.1 Å². The molecule has 3 rings (SSSR count). The molecule has 0 radical (unpaired) electrons. The number of nitrogens with zero attached hydrogens (tertiary/aromatic N) is 1. The van der Waals surface area contributed by atoms with Crippen LogP contribution in [-0.2, 0) is 4.74 Å². The van der Waals surface area contributed by atoms with Crippen LogP contribution in [0.5, 0.6) is 0 Å². The summed E-state index contributed by atoms with van der Waals surface area (Å²) >= 11 is 18.2. The number of ether oxygens (including phenoxy) is 1. The van der Waals surface area contributed by atoms with E-state index in [1.807, 2.05) is 0 Å². The Morgan fingerprint density at radius 1 is 1.15 bits per heavy atom. The highest BCUT2D eigenvalue weighted by molar-refractivity contribution is 6.50. The van der Waals surface area contributed by atoms with Gasteiger partial charge >= 0.3 is 5.97 Å². The zero-order valence-corrected chi connectivity index (χ0v) is 15.6. The van der Waals surface area contributed by atoms with Crippen LogP contribution in [0.25, 0.3) is 22.0 Å². The lowest BCUT2D eigenvalue weighted by molar-refractivity contribution is 0.0601. The zero-order valence-electron chi connectivity index (χ0n) is 13.3. The van der Waals surface area contributed by atoms with Gasteiger partial charge < -0.3 is 9.72 Å². The molecule has 0 atom stereocenters. The molecule has 0 aliphatic rings. The summed E-state index contributed by atoms with van der Waals surface area (Å²) in [5.41, 5.74) is 0.929. The Morgan fingerprint density at radius 3 is 2.62 bits per heavy atom. The van der Waals surface area contributed by atoms with E-state index in [0.717, 1.165) is 0 Å². The van der Waals surface area contributed by atoms with Crippen LogP contribution in [0.1, 0.15) is 21.7 Å². The predicted molar refractivity (Wildman–Crippen MR) is 104 cm³/mol. The molecule has 0 aliphatic heterocycles. The summed E-state index contributed by atoms with van der Waals surface area (Å²) in [7, 11) is 1.28. The highest BCUT2D eigenvalue weighted by Gasteiger charge is 2.11. The third-order valence-corrected chi connectivity index (χ3v) is 4.62. The second-order valence-corrected chi connectivity index (χ2v) is 6.53. The second kappa shape index (κ2) is 7.50. The van der Waals surface area contributed by atoms with Crippen LogP contribution in [0.4, 0.5) is 0 Å². The minimum absolute atomic E-state index is 0.164. The Balaban J connectivity index is 2.08. The van der Waals surface area contributed by atoms with Crippen molar-refractivity contribution >= 4 is 62.8 Å². The Kier molecular flexibility index (Phi) is 5.32. The number of aromatic nitrogens is 2. The van der Waals surface area contributed by atoms with Crippen molar-refractivity contribution in [1.82, 2.24) is 9.97 Å². The summed E-state index contributed by atoms with van der Waals surface area (Å²) in [6.45, 7) is 0. The molecule has 3 aromatic rings. The van der Waals surface area contributed by atoms with Crippen molar-refractivity contribution in [3.63, 3.8) is 0 Å². The molecule has 1 N–H and O–H groups in total. The van der Waals surface area contributed by atoms with E-state index in [-0.39, 0.29) is 22.0 Å². The lowest BCUT2D eigenvalue weighted by Gasteiger charge is -2.05. The van der Waals surface area contributed by atoms with E-state index >= 15 is 0 Å². The van der Waals surface area contributed by atoms with Crippen molar-refractivity contribution in [2.45, 2.75) is 0 Å². The highest BCUT2D eigenvalue weighted by Crippen LogP contribution is 2.26. The first-order valence-electron chi connectivity index (χ1n) is 7.34. The number of carbonyl (C=O) groups excluding carboxylic acids is 1. The van der Waals surface area contributed by atoms with E-state index in [2.05, 4.69) is 14.7 Å². The average Bonchev–Trinajstić information content (AvgIpc) is 2.63. The summed E-state index contributed by atoms with van der Waals surface area (Å²) in [6, 6.07) is 9.49. The molecule has 0 unspecified atom stereocenters. The van der Waals surface area contributed by atoms with E-state index in [4.69, 9.17) is 34.8 Å². The van der Waals surface area contributed by atoms with Gasteiger partial charge in [-0.3, -0.25) is 4.79 Å². The van der Waals surface area contributed by atoms with E-state index in [1.165, 1.54) is 25.3 Å². The smallest absolute Gasteiger partial charge is 0.337 e. The van der Waals surface area contributed by atoms with Gasteiger partial charge in [-0.25, -0.2) is 9.78 Å². The van der Waals surface area contributed by atoms with Gasteiger partial charge in [0.25, 0.3) is 5.56 Å². The lowest BCUT2D eigenvalue weighted by Crippen LogP contribution is -2.11. The number of rotatable bonds is 3. The average molecular weight is 410 g/mol. The van der Waals surface area contributed by atoms with Crippen LogP contribution >= 0.6 is 34.8 Å². The molecule has 0 saturated heterocycles. The third kappa shape index (κ3) is 3.75. The Hall–Kier alpha value is -2.34. The lowest BCUT2D eigenvalue weighted by atomic mass is 10.1. The van der Waals surface area contributed by atoms with E-state index < -0.39 is 5.97 Å². The maximum atomic E-state index is 12.3. The van der Waals surface area contributed by atoms with E-state index in [0.29, 0.717) is 26.5 Å². The Labute approximate surface area is 163 Å². The van der Waals surface area contributed by atoms with Crippen LogP contribution in [0, 0.1) is 0 Å². The van der Waals surface area contributed by atoms with Crippen LogP contribution in [0.2, 0.25) is 10.0 Å². The van der Waals surface area contributed by atoms with Crippen molar-refractivity contribution in [2.24, 2.45) is 0 Å². The van der Waals surface area contributed by atoms with Crippen molar-refractivity contribution in [1.29, 1.82) is 0 Å². The summed E-state index contributed by atoms with van der Waals surface area (Å²) in [6.07, 6.45) is 1.60. The molecule has 1 aromatic heterocycles. The maximum absolute atomic E-state index is 12.3. The molecule has 8 heteroatoms. The molecule has 0 spiro atoms. The summed E-state index contributed by atoms with van der Waals surface area (Å²) in [5, 5.41) is 1.34. The van der Waals surface area contributed by atoms with Crippen LogP contribution < -0.4 is 5.56 Å². The number of aromatic amines is 1. The molecule has 0 fully saturated rings. The number of carbonyl (C=O) groups is 1. The molecule has 0 amide bonds. The number of H-pyrrole nitrogens is 1. The molecule has 1 heterocycles. The van der Waals surface area contributed by atoms with Gasteiger partial charge in [0.1, 0.15) is 0 Å². The normalized spacial score (nSPS) is 11.6. The van der Waals surface area contributed by atoms with Crippen molar-refractivity contribution in [3.8, 4) is 0 Å². The molecule has 132 valence electrons. The Bertz CT molecular complexity index is 1110. The van der Waals surface area contributed by atoms with Crippen LogP contribution in [-0.4, -0.2) is 23.0 Å². The number of benzene rings is 2. The van der Waals surface area contributed by atoms with Gasteiger partial charge in [-0.2, -0.15) is 0 Å². The standard InChI is InChI=1S/C18H11Cl3N2O3/c1-26-18(25)10-3-4-11-15(8-10)22-16(23-17(11)24)14(21)7-9-2-5-12(19)13(20)6-9/h2-8H,1H3,(H,22,23,24)/b14-7-. The molecule has 0 aliphatic carbocycles. The van der Waals surface area contributed by atoms with E-state index in [1.54, 1.807) is 24.3 Å². The van der Waals surface area contributed by atoms with Gasteiger partial charge in [0.05, 0.1) is 38.7 Å². The minimum Gasteiger partial charge on any atom is -0.465 e. The Morgan fingerprint density at radius 2 is 1.92 bits per heavy atom. The van der Waals surface area contributed by atoms with Crippen molar-refractivity contribution in [3.05, 3.63) is 73.7 Å². The molecular weight excluding hydrogens is 399 g/mol. The SMILES string of the molecule is COC(=O)c1ccc2c(=O)[nH]c(/C(Cl)=C/c3ccc(Cl)c(Cl)c3)nc2c1. The first-order chi connectivity index (χ1) is 12.4. The number of halogens is 3. The van der Waals surface area contributed by atoms with Gasteiger partial charge in [0.2, 0.25) is 0 Å². The number of nitrogens with one attached hydrogen (secondary N) is 1. The molecule has 0 bridgehead atoms. The zero-order chi connectivity index (χ0) is 18.8. The predicted octanol–water partition coefficient (Wildman–Crippen LogP) is 4.75. The number of hydrogen-bond acceptors (Lipinski definition) is 4. The number of hydrogen-bond donors (Lipinski definition) is 1. The summed E-state index contributed by atoms with van der Waals surface area (Å²) in [5.74, 6) is -0.356. The van der Waals surface area contributed by atoms with E-state index in [9.17, 15) is 9.59 Å². The number of methoxy groups -OCH3 is 1. The van der Waals surface area contributed by atoms with Gasteiger partial charge in [-0.1, -0.05) is 40.9 Å². The molecular formula is C18H11Cl3N2O3. The fourth-order valence-electron chi connectivity index (χ4n) is 2.31. The van der Waals surface area contributed by atoms with Gasteiger partial charge in [0, 0.05) is 0 Å².